The van der Waals surface area contributed by atoms with Crippen LogP contribution in [-0.2, 0) is 6.54 Å². The van der Waals surface area contributed by atoms with Crippen LogP contribution in [0, 0.1) is 12.8 Å². The van der Waals surface area contributed by atoms with Crippen molar-refractivity contribution >= 4 is 11.5 Å². The molecule has 0 saturated heterocycles. The number of hydrogen-bond donors (Lipinski definition) is 2. The van der Waals surface area contributed by atoms with E-state index in [-0.39, 0.29) is 0 Å². The lowest BCUT2D eigenvalue weighted by molar-refractivity contribution is 0.326. The van der Waals surface area contributed by atoms with E-state index in [4.69, 9.17) is 5.73 Å². The zero-order chi connectivity index (χ0) is 13.1. The molecule has 102 valence electrons. The molecule has 2 atom stereocenters. The van der Waals surface area contributed by atoms with Crippen molar-refractivity contribution in [2.75, 3.05) is 11.1 Å². The lowest BCUT2D eigenvalue weighted by Crippen LogP contribution is -2.28. The predicted octanol–water partition coefficient (Wildman–Crippen LogP) is 3.17. The van der Waals surface area contributed by atoms with Gasteiger partial charge in [0.1, 0.15) is 5.82 Å². The summed E-state index contributed by atoms with van der Waals surface area (Å²) in [4.78, 5) is 0. The lowest BCUT2D eigenvalue weighted by Gasteiger charge is -2.30. The maximum absolute atomic E-state index is 6.12. The first kappa shape index (κ1) is 13.2. The first-order valence-corrected chi connectivity index (χ1v) is 7.25. The Morgan fingerprint density at radius 3 is 2.83 bits per heavy atom. The Balaban J connectivity index is 2.08. The van der Waals surface area contributed by atoms with Crippen molar-refractivity contribution in [2.24, 2.45) is 5.92 Å². The molecule has 2 unspecified atom stereocenters. The van der Waals surface area contributed by atoms with Crippen molar-refractivity contribution in [2.45, 2.75) is 65.5 Å². The summed E-state index contributed by atoms with van der Waals surface area (Å²) in [6.07, 6.45) is 6.53. The molecule has 1 aromatic rings. The fourth-order valence-corrected chi connectivity index (χ4v) is 2.96. The Labute approximate surface area is 110 Å². The van der Waals surface area contributed by atoms with Gasteiger partial charge in [-0.05, 0) is 32.6 Å². The smallest absolute Gasteiger partial charge is 0.148 e. The second kappa shape index (κ2) is 5.63. The average molecular weight is 250 g/mol. The number of rotatable bonds is 4. The molecule has 1 aromatic heterocycles. The van der Waals surface area contributed by atoms with E-state index in [1.54, 1.807) is 0 Å². The molecule has 1 heterocycles. The second-order valence-electron chi connectivity index (χ2n) is 5.45. The van der Waals surface area contributed by atoms with E-state index in [1.165, 1.54) is 32.1 Å². The van der Waals surface area contributed by atoms with Crippen molar-refractivity contribution in [1.29, 1.82) is 0 Å². The van der Waals surface area contributed by atoms with Crippen LogP contribution in [-0.4, -0.2) is 15.8 Å². The predicted molar refractivity (Wildman–Crippen MR) is 76.7 cm³/mol. The summed E-state index contributed by atoms with van der Waals surface area (Å²) in [5, 5.41) is 8.09. The summed E-state index contributed by atoms with van der Waals surface area (Å²) in [7, 11) is 0. The summed E-state index contributed by atoms with van der Waals surface area (Å²) in [6, 6.07) is 0.562. The Morgan fingerprint density at radius 2 is 2.17 bits per heavy atom. The molecule has 1 aliphatic carbocycles. The summed E-state index contributed by atoms with van der Waals surface area (Å²) in [5.41, 5.74) is 7.87. The largest absolute Gasteiger partial charge is 0.394 e. The molecule has 0 radical (unpaired) electrons. The summed E-state index contributed by atoms with van der Waals surface area (Å²) in [6.45, 7) is 7.24. The van der Waals surface area contributed by atoms with E-state index in [9.17, 15) is 0 Å². The molecule has 18 heavy (non-hydrogen) atoms. The van der Waals surface area contributed by atoms with E-state index in [1.807, 2.05) is 11.6 Å². The van der Waals surface area contributed by atoms with Gasteiger partial charge < -0.3 is 11.1 Å². The standard InChI is InChI=1S/C14H26N4/c1-4-11-7-6-8-12(9-11)16-14-13(15)10(3)17-18(14)5-2/h11-12,16H,4-9,15H2,1-3H3. The SMILES string of the molecule is CCC1CCCC(Nc2c(N)c(C)nn2CC)C1. The first-order chi connectivity index (χ1) is 8.65. The van der Waals surface area contributed by atoms with Crippen LogP contribution in [0.2, 0.25) is 0 Å². The van der Waals surface area contributed by atoms with Crippen LogP contribution in [0.1, 0.15) is 51.6 Å². The van der Waals surface area contributed by atoms with E-state index < -0.39 is 0 Å². The molecule has 3 N–H and O–H groups in total. The number of nitrogens with zero attached hydrogens (tertiary/aromatic N) is 2. The number of nitrogens with one attached hydrogen (secondary N) is 1. The minimum Gasteiger partial charge on any atom is -0.394 e. The van der Waals surface area contributed by atoms with Gasteiger partial charge in [0.15, 0.2) is 0 Å². The maximum atomic E-state index is 6.12. The number of nitrogen functional groups attached to an aromatic ring is 1. The van der Waals surface area contributed by atoms with E-state index in [0.717, 1.165) is 29.7 Å². The Kier molecular flexibility index (Phi) is 4.15. The van der Waals surface area contributed by atoms with E-state index >= 15 is 0 Å². The van der Waals surface area contributed by atoms with Crippen molar-refractivity contribution in [3.63, 3.8) is 0 Å². The molecule has 1 saturated carbocycles. The topological polar surface area (TPSA) is 55.9 Å². The van der Waals surface area contributed by atoms with Crippen LogP contribution in [0.5, 0.6) is 0 Å². The molecular formula is C14H26N4. The second-order valence-corrected chi connectivity index (χ2v) is 5.45. The van der Waals surface area contributed by atoms with Gasteiger partial charge in [0.2, 0.25) is 0 Å². The van der Waals surface area contributed by atoms with Gasteiger partial charge in [0.25, 0.3) is 0 Å². The van der Waals surface area contributed by atoms with Crippen molar-refractivity contribution in [3.05, 3.63) is 5.69 Å². The number of nitrogens with two attached hydrogens (primary N) is 1. The fourth-order valence-electron chi connectivity index (χ4n) is 2.96. The number of aromatic nitrogens is 2. The molecule has 0 bridgehead atoms. The van der Waals surface area contributed by atoms with E-state index in [0.29, 0.717) is 6.04 Å². The van der Waals surface area contributed by atoms with Crippen molar-refractivity contribution < 1.29 is 0 Å². The van der Waals surface area contributed by atoms with Crippen LogP contribution in [0.25, 0.3) is 0 Å². The third-order valence-corrected chi connectivity index (χ3v) is 4.17. The number of aryl methyl sites for hydroxylation is 2. The van der Waals surface area contributed by atoms with Gasteiger partial charge in [-0.3, -0.25) is 0 Å². The van der Waals surface area contributed by atoms with Crippen molar-refractivity contribution in [3.8, 4) is 0 Å². The van der Waals surface area contributed by atoms with Gasteiger partial charge in [-0.15, -0.1) is 0 Å². The quantitative estimate of drug-likeness (QED) is 0.863. The molecule has 0 aromatic carbocycles. The molecular weight excluding hydrogens is 224 g/mol. The van der Waals surface area contributed by atoms with Crippen LogP contribution in [0.15, 0.2) is 0 Å². The van der Waals surface area contributed by atoms with E-state index in [2.05, 4.69) is 24.3 Å². The highest BCUT2D eigenvalue weighted by atomic mass is 15.3. The van der Waals surface area contributed by atoms with Gasteiger partial charge in [0.05, 0.1) is 11.4 Å². The highest BCUT2D eigenvalue weighted by Crippen LogP contribution is 2.31. The molecule has 0 aliphatic heterocycles. The van der Waals surface area contributed by atoms with Crippen LogP contribution < -0.4 is 11.1 Å². The molecule has 2 rings (SSSR count). The monoisotopic (exact) mass is 250 g/mol. The summed E-state index contributed by atoms with van der Waals surface area (Å²) >= 11 is 0. The number of anilines is 2. The fraction of sp³-hybridized carbons (Fsp3) is 0.786. The third kappa shape index (κ3) is 2.62. The summed E-state index contributed by atoms with van der Waals surface area (Å²) in [5.74, 6) is 1.90. The van der Waals surface area contributed by atoms with Gasteiger partial charge in [-0.25, -0.2) is 4.68 Å². The lowest BCUT2D eigenvalue weighted by atomic mass is 9.84. The number of hydrogen-bond acceptors (Lipinski definition) is 3. The Morgan fingerprint density at radius 1 is 1.39 bits per heavy atom. The van der Waals surface area contributed by atoms with Gasteiger partial charge in [0, 0.05) is 12.6 Å². The zero-order valence-corrected chi connectivity index (χ0v) is 11.9. The normalized spacial score (nSPS) is 24.2. The molecule has 4 nitrogen and oxygen atoms in total. The summed E-state index contributed by atoms with van der Waals surface area (Å²) < 4.78 is 1.99. The third-order valence-electron chi connectivity index (χ3n) is 4.17. The molecule has 0 spiro atoms. The minimum absolute atomic E-state index is 0.562. The zero-order valence-electron chi connectivity index (χ0n) is 11.9. The highest BCUT2D eigenvalue weighted by molar-refractivity contribution is 5.65. The Bertz CT molecular complexity index is 397. The van der Waals surface area contributed by atoms with Crippen LogP contribution in [0.3, 0.4) is 0 Å². The average Bonchev–Trinajstić information content (AvgIpc) is 2.67. The van der Waals surface area contributed by atoms with Gasteiger partial charge in [-0.2, -0.15) is 5.10 Å². The molecule has 0 amide bonds. The highest BCUT2D eigenvalue weighted by Gasteiger charge is 2.22. The molecule has 1 fully saturated rings. The molecule has 4 heteroatoms. The Hall–Kier alpha value is -1.19. The van der Waals surface area contributed by atoms with Crippen molar-refractivity contribution in [1.82, 2.24) is 9.78 Å². The minimum atomic E-state index is 0.562. The van der Waals surface area contributed by atoms with Gasteiger partial charge >= 0.3 is 0 Å². The maximum Gasteiger partial charge on any atom is 0.148 e. The van der Waals surface area contributed by atoms with Crippen LogP contribution >= 0.6 is 0 Å². The molecule has 1 aliphatic rings. The first-order valence-electron chi connectivity index (χ1n) is 7.25. The van der Waals surface area contributed by atoms with Crippen LogP contribution in [0.4, 0.5) is 11.5 Å². The van der Waals surface area contributed by atoms with Gasteiger partial charge in [-0.1, -0.05) is 26.2 Å².